The van der Waals surface area contributed by atoms with Gasteiger partial charge in [-0.15, -0.1) is 11.3 Å². The summed E-state index contributed by atoms with van der Waals surface area (Å²) in [5, 5.41) is 12.4. The molecule has 2 rings (SSSR count). The minimum Gasteiger partial charge on any atom is -0.497 e. The fourth-order valence-corrected chi connectivity index (χ4v) is 3.29. The number of rotatable bonds is 4. The molecule has 1 N–H and O–H groups in total. The number of halogens is 1. The Labute approximate surface area is 118 Å². The Bertz CT molecular complexity index is 539. The molecule has 1 unspecified atom stereocenters. The molecule has 3 nitrogen and oxygen atoms in total. The number of aliphatic hydroxyl groups excluding tert-OH is 1. The summed E-state index contributed by atoms with van der Waals surface area (Å²) in [7, 11) is 3.18. The van der Waals surface area contributed by atoms with E-state index in [0.717, 1.165) is 9.35 Å². The molecule has 2 aromatic rings. The molecule has 0 fully saturated rings. The zero-order chi connectivity index (χ0) is 13.1. The van der Waals surface area contributed by atoms with Crippen LogP contribution in [0.15, 0.2) is 34.1 Å². The summed E-state index contributed by atoms with van der Waals surface area (Å²) in [6.07, 6.45) is -0.732. The van der Waals surface area contributed by atoms with Crippen molar-refractivity contribution in [1.82, 2.24) is 0 Å². The molecule has 0 saturated heterocycles. The van der Waals surface area contributed by atoms with Gasteiger partial charge in [0.2, 0.25) is 0 Å². The van der Waals surface area contributed by atoms with Crippen LogP contribution in [0.5, 0.6) is 11.5 Å². The van der Waals surface area contributed by atoms with Gasteiger partial charge in [-0.2, -0.15) is 0 Å². The summed E-state index contributed by atoms with van der Waals surface area (Å²) in [4.78, 5) is 0.849. The number of hydrogen-bond acceptors (Lipinski definition) is 4. The van der Waals surface area contributed by atoms with Gasteiger partial charge in [-0.3, -0.25) is 0 Å². The molecule has 0 aliphatic carbocycles. The van der Waals surface area contributed by atoms with Crippen molar-refractivity contribution >= 4 is 27.3 Å². The third-order valence-corrected chi connectivity index (χ3v) is 4.55. The highest BCUT2D eigenvalue weighted by Gasteiger charge is 2.19. The van der Waals surface area contributed by atoms with E-state index in [9.17, 15) is 5.11 Å². The van der Waals surface area contributed by atoms with Crippen LogP contribution in [-0.2, 0) is 0 Å². The highest BCUT2D eigenvalue weighted by atomic mass is 79.9. The Hall–Kier alpha value is -1.04. The van der Waals surface area contributed by atoms with Crippen molar-refractivity contribution < 1.29 is 14.6 Å². The second-order valence-electron chi connectivity index (χ2n) is 3.64. The summed E-state index contributed by atoms with van der Waals surface area (Å²) in [5.74, 6) is 1.33. The Kier molecular flexibility index (Phi) is 4.27. The Morgan fingerprint density at radius 1 is 1.22 bits per heavy atom. The molecule has 0 aliphatic rings. The summed E-state index contributed by atoms with van der Waals surface area (Å²) < 4.78 is 11.3. The quantitative estimate of drug-likeness (QED) is 0.931. The van der Waals surface area contributed by atoms with Crippen LogP contribution in [0.2, 0.25) is 0 Å². The van der Waals surface area contributed by atoms with E-state index >= 15 is 0 Å². The second kappa shape index (κ2) is 5.73. The van der Waals surface area contributed by atoms with E-state index in [1.54, 1.807) is 32.4 Å². The van der Waals surface area contributed by atoms with Crippen LogP contribution in [0.4, 0.5) is 0 Å². The maximum Gasteiger partial charge on any atom is 0.125 e. The molecule has 1 atom stereocenters. The molecule has 0 aliphatic heterocycles. The largest absolute Gasteiger partial charge is 0.497 e. The first-order valence-corrected chi connectivity index (χ1v) is 6.97. The smallest absolute Gasteiger partial charge is 0.125 e. The highest BCUT2D eigenvalue weighted by Crippen LogP contribution is 2.38. The maximum absolute atomic E-state index is 10.4. The predicted molar refractivity (Wildman–Crippen MR) is 75.6 cm³/mol. The number of aliphatic hydroxyl groups is 1. The van der Waals surface area contributed by atoms with Crippen molar-refractivity contribution in [3.05, 3.63) is 44.6 Å². The van der Waals surface area contributed by atoms with Gasteiger partial charge in [-0.25, -0.2) is 0 Å². The van der Waals surface area contributed by atoms with Gasteiger partial charge < -0.3 is 14.6 Å². The van der Waals surface area contributed by atoms with Crippen LogP contribution in [0.1, 0.15) is 16.5 Å². The maximum atomic E-state index is 10.4. The molecule has 0 saturated carbocycles. The van der Waals surface area contributed by atoms with Crippen molar-refractivity contribution in [2.45, 2.75) is 6.10 Å². The minimum atomic E-state index is -0.732. The fraction of sp³-hybridized carbons (Fsp3) is 0.231. The van der Waals surface area contributed by atoms with E-state index in [1.807, 2.05) is 11.4 Å². The van der Waals surface area contributed by atoms with Crippen LogP contribution in [0.3, 0.4) is 0 Å². The SMILES string of the molecule is COc1ccc(OC)c(C(O)c2sccc2Br)c1. The Morgan fingerprint density at radius 3 is 2.56 bits per heavy atom. The minimum absolute atomic E-state index is 0.642. The van der Waals surface area contributed by atoms with Crippen molar-refractivity contribution in [2.75, 3.05) is 14.2 Å². The van der Waals surface area contributed by atoms with Gasteiger partial charge in [-0.05, 0) is 45.6 Å². The third kappa shape index (κ3) is 2.53. The van der Waals surface area contributed by atoms with Gasteiger partial charge in [0, 0.05) is 10.0 Å². The molecule has 18 heavy (non-hydrogen) atoms. The molecule has 0 bridgehead atoms. The molecular weight excluding hydrogens is 316 g/mol. The van der Waals surface area contributed by atoms with Crippen LogP contribution in [-0.4, -0.2) is 19.3 Å². The molecule has 1 aromatic carbocycles. The number of benzene rings is 1. The Balaban J connectivity index is 2.45. The summed E-state index contributed by atoms with van der Waals surface area (Å²) in [6.45, 7) is 0. The second-order valence-corrected chi connectivity index (χ2v) is 5.45. The van der Waals surface area contributed by atoms with Crippen LogP contribution in [0, 0.1) is 0 Å². The zero-order valence-electron chi connectivity index (χ0n) is 10.0. The van der Waals surface area contributed by atoms with Crippen molar-refractivity contribution in [3.63, 3.8) is 0 Å². The van der Waals surface area contributed by atoms with E-state index in [-0.39, 0.29) is 0 Å². The van der Waals surface area contributed by atoms with Crippen LogP contribution < -0.4 is 9.47 Å². The zero-order valence-corrected chi connectivity index (χ0v) is 12.4. The molecule has 96 valence electrons. The van der Waals surface area contributed by atoms with Gasteiger partial charge in [-0.1, -0.05) is 0 Å². The van der Waals surface area contributed by atoms with Gasteiger partial charge in [0.15, 0.2) is 0 Å². The molecule has 0 radical (unpaired) electrons. The number of thiophene rings is 1. The first-order chi connectivity index (χ1) is 8.67. The first kappa shape index (κ1) is 13.4. The summed E-state index contributed by atoms with van der Waals surface area (Å²) >= 11 is 4.92. The van der Waals surface area contributed by atoms with Crippen LogP contribution in [0.25, 0.3) is 0 Å². The lowest BCUT2D eigenvalue weighted by molar-refractivity contribution is 0.217. The lowest BCUT2D eigenvalue weighted by Crippen LogP contribution is -2.02. The molecule has 0 spiro atoms. The van der Waals surface area contributed by atoms with E-state index in [1.165, 1.54) is 11.3 Å². The molecule has 5 heteroatoms. The third-order valence-electron chi connectivity index (χ3n) is 2.62. The summed E-state index contributed by atoms with van der Waals surface area (Å²) in [5.41, 5.74) is 0.694. The normalized spacial score (nSPS) is 12.2. The molecule has 1 heterocycles. The number of hydrogen-bond donors (Lipinski definition) is 1. The lowest BCUT2D eigenvalue weighted by atomic mass is 10.1. The topological polar surface area (TPSA) is 38.7 Å². The van der Waals surface area contributed by atoms with Crippen LogP contribution >= 0.6 is 27.3 Å². The average molecular weight is 329 g/mol. The van der Waals surface area contributed by atoms with E-state index in [0.29, 0.717) is 17.1 Å². The lowest BCUT2D eigenvalue weighted by Gasteiger charge is -2.15. The monoisotopic (exact) mass is 328 g/mol. The van der Waals surface area contributed by atoms with Crippen molar-refractivity contribution in [2.24, 2.45) is 0 Å². The standard InChI is InChI=1S/C13H13BrO3S/c1-16-8-3-4-11(17-2)9(7-8)12(15)13-10(14)5-6-18-13/h3-7,12,15H,1-2H3. The Morgan fingerprint density at radius 2 is 2.00 bits per heavy atom. The number of ether oxygens (including phenoxy) is 2. The van der Waals surface area contributed by atoms with E-state index < -0.39 is 6.10 Å². The van der Waals surface area contributed by atoms with Crippen molar-refractivity contribution in [3.8, 4) is 11.5 Å². The summed E-state index contributed by atoms with van der Waals surface area (Å²) in [6, 6.07) is 7.29. The van der Waals surface area contributed by atoms with Gasteiger partial charge >= 0.3 is 0 Å². The molecule has 1 aromatic heterocycles. The van der Waals surface area contributed by atoms with E-state index in [2.05, 4.69) is 15.9 Å². The number of methoxy groups -OCH3 is 2. The highest BCUT2D eigenvalue weighted by molar-refractivity contribution is 9.10. The van der Waals surface area contributed by atoms with Gasteiger partial charge in [0.05, 0.1) is 19.1 Å². The predicted octanol–water partition coefficient (Wildman–Crippen LogP) is 3.61. The fourth-order valence-electron chi connectivity index (χ4n) is 1.69. The van der Waals surface area contributed by atoms with Gasteiger partial charge in [0.1, 0.15) is 17.6 Å². The molecule has 0 amide bonds. The average Bonchev–Trinajstić information content (AvgIpc) is 2.83. The van der Waals surface area contributed by atoms with Crippen molar-refractivity contribution in [1.29, 1.82) is 0 Å². The van der Waals surface area contributed by atoms with Gasteiger partial charge in [0.25, 0.3) is 0 Å². The first-order valence-electron chi connectivity index (χ1n) is 5.30. The molecular formula is C13H13BrO3S. The van der Waals surface area contributed by atoms with E-state index in [4.69, 9.17) is 9.47 Å².